The summed E-state index contributed by atoms with van der Waals surface area (Å²) in [5.74, 6) is 0.0773. The summed E-state index contributed by atoms with van der Waals surface area (Å²) in [6.07, 6.45) is 0.853. The van der Waals surface area contributed by atoms with Crippen LogP contribution in [0.5, 0.6) is 0 Å². The topological polar surface area (TPSA) is 29.1 Å². The number of Topliss-reactive ketones (excluding diaryl/α,β-unsaturated/α-hetero) is 1. The van der Waals surface area contributed by atoms with E-state index in [2.05, 4.69) is 5.32 Å². The molecule has 16 heavy (non-hydrogen) atoms. The molecule has 0 spiro atoms. The van der Waals surface area contributed by atoms with Crippen LogP contribution in [-0.4, -0.2) is 12.3 Å². The fourth-order valence-corrected chi connectivity index (χ4v) is 1.57. The third kappa shape index (κ3) is 4.11. The number of carbonyl (C=O) groups excluding carboxylic acids is 1. The van der Waals surface area contributed by atoms with Crippen molar-refractivity contribution < 1.29 is 9.18 Å². The average Bonchev–Trinajstić information content (AvgIpc) is 2.26. The van der Waals surface area contributed by atoms with Crippen molar-refractivity contribution in [2.24, 2.45) is 5.92 Å². The Balaban J connectivity index is 2.35. The highest BCUT2D eigenvalue weighted by molar-refractivity contribution is 5.78. The van der Waals surface area contributed by atoms with Crippen molar-refractivity contribution in [3.05, 3.63) is 35.6 Å². The van der Waals surface area contributed by atoms with Gasteiger partial charge < -0.3 is 5.32 Å². The quantitative estimate of drug-likeness (QED) is 0.803. The van der Waals surface area contributed by atoms with Gasteiger partial charge in [0, 0.05) is 19.0 Å². The standard InChI is InChI=1S/C13H18FNO/c1-3-12(10(2)16)9-15-8-11-4-6-13(14)7-5-11/h4-7,12,15H,3,8-9H2,1-2H3. The average molecular weight is 223 g/mol. The molecule has 0 aliphatic heterocycles. The minimum atomic E-state index is -0.223. The number of carbonyl (C=O) groups is 1. The minimum Gasteiger partial charge on any atom is -0.312 e. The van der Waals surface area contributed by atoms with Crippen LogP contribution in [0.4, 0.5) is 4.39 Å². The van der Waals surface area contributed by atoms with Crippen molar-refractivity contribution >= 4 is 5.78 Å². The van der Waals surface area contributed by atoms with Crippen molar-refractivity contribution in [3.8, 4) is 0 Å². The summed E-state index contributed by atoms with van der Waals surface area (Å²) in [6.45, 7) is 4.98. The molecule has 0 aliphatic carbocycles. The molecule has 2 nitrogen and oxygen atoms in total. The first-order chi connectivity index (χ1) is 7.63. The Labute approximate surface area is 95.9 Å². The van der Waals surface area contributed by atoms with Crippen LogP contribution in [0.3, 0.4) is 0 Å². The van der Waals surface area contributed by atoms with E-state index >= 15 is 0 Å². The number of hydrogen-bond donors (Lipinski definition) is 1. The molecular weight excluding hydrogens is 205 g/mol. The van der Waals surface area contributed by atoms with Gasteiger partial charge in [-0.2, -0.15) is 0 Å². The van der Waals surface area contributed by atoms with E-state index in [0.29, 0.717) is 13.1 Å². The van der Waals surface area contributed by atoms with Crippen molar-refractivity contribution in [3.63, 3.8) is 0 Å². The Morgan fingerprint density at radius 1 is 1.38 bits per heavy atom. The van der Waals surface area contributed by atoms with E-state index in [-0.39, 0.29) is 17.5 Å². The lowest BCUT2D eigenvalue weighted by Gasteiger charge is -2.12. The van der Waals surface area contributed by atoms with E-state index in [1.807, 2.05) is 6.92 Å². The number of hydrogen-bond acceptors (Lipinski definition) is 2. The lowest BCUT2D eigenvalue weighted by atomic mass is 10.0. The second-order valence-electron chi connectivity index (χ2n) is 3.97. The number of rotatable bonds is 6. The summed E-state index contributed by atoms with van der Waals surface area (Å²) in [7, 11) is 0. The van der Waals surface area contributed by atoms with Gasteiger partial charge >= 0.3 is 0 Å². The highest BCUT2D eigenvalue weighted by Crippen LogP contribution is 2.04. The van der Waals surface area contributed by atoms with Crippen molar-refractivity contribution in [1.29, 1.82) is 0 Å². The number of halogens is 1. The lowest BCUT2D eigenvalue weighted by Crippen LogP contribution is -2.26. The molecule has 0 heterocycles. The third-order valence-electron chi connectivity index (χ3n) is 2.70. The van der Waals surface area contributed by atoms with E-state index in [9.17, 15) is 9.18 Å². The summed E-state index contributed by atoms with van der Waals surface area (Å²) in [6, 6.07) is 6.38. The maximum Gasteiger partial charge on any atom is 0.134 e. The predicted octanol–water partition coefficient (Wildman–Crippen LogP) is 2.53. The van der Waals surface area contributed by atoms with Gasteiger partial charge in [-0.3, -0.25) is 4.79 Å². The highest BCUT2D eigenvalue weighted by Gasteiger charge is 2.10. The molecule has 1 N–H and O–H groups in total. The SMILES string of the molecule is CCC(CNCc1ccc(F)cc1)C(C)=O. The molecular formula is C13H18FNO. The molecule has 0 saturated heterocycles. The minimum absolute atomic E-state index is 0.0837. The first kappa shape index (κ1) is 12.8. The van der Waals surface area contributed by atoms with Crippen LogP contribution >= 0.6 is 0 Å². The van der Waals surface area contributed by atoms with Crippen LogP contribution in [-0.2, 0) is 11.3 Å². The maximum absolute atomic E-state index is 12.6. The molecule has 0 bridgehead atoms. The molecule has 0 radical (unpaired) electrons. The predicted molar refractivity (Wildman–Crippen MR) is 62.6 cm³/mol. The molecule has 1 aromatic rings. The fourth-order valence-electron chi connectivity index (χ4n) is 1.57. The molecule has 0 saturated carbocycles. The molecule has 3 heteroatoms. The lowest BCUT2D eigenvalue weighted by molar-refractivity contribution is -0.120. The zero-order valence-corrected chi connectivity index (χ0v) is 9.79. The molecule has 0 aromatic heterocycles. The Morgan fingerprint density at radius 3 is 2.50 bits per heavy atom. The van der Waals surface area contributed by atoms with E-state index in [1.165, 1.54) is 12.1 Å². The summed E-state index contributed by atoms with van der Waals surface area (Å²) in [5, 5.41) is 3.21. The Bertz CT molecular complexity index is 334. The van der Waals surface area contributed by atoms with E-state index in [4.69, 9.17) is 0 Å². The van der Waals surface area contributed by atoms with Gasteiger partial charge in [0.05, 0.1) is 0 Å². The monoisotopic (exact) mass is 223 g/mol. The van der Waals surface area contributed by atoms with Crippen LogP contribution in [0.2, 0.25) is 0 Å². The molecule has 0 fully saturated rings. The van der Waals surface area contributed by atoms with E-state index in [1.54, 1.807) is 19.1 Å². The van der Waals surface area contributed by atoms with Gasteiger partial charge in [-0.15, -0.1) is 0 Å². The highest BCUT2D eigenvalue weighted by atomic mass is 19.1. The van der Waals surface area contributed by atoms with Gasteiger partial charge in [-0.1, -0.05) is 19.1 Å². The second kappa shape index (κ2) is 6.38. The van der Waals surface area contributed by atoms with E-state index in [0.717, 1.165) is 12.0 Å². The smallest absolute Gasteiger partial charge is 0.134 e. The van der Waals surface area contributed by atoms with Crippen LogP contribution in [0, 0.1) is 11.7 Å². The number of benzene rings is 1. The largest absolute Gasteiger partial charge is 0.312 e. The van der Waals surface area contributed by atoms with Crippen molar-refractivity contribution in [2.75, 3.05) is 6.54 Å². The van der Waals surface area contributed by atoms with Gasteiger partial charge in [0.1, 0.15) is 11.6 Å². The summed E-state index contributed by atoms with van der Waals surface area (Å²) in [5.41, 5.74) is 1.03. The third-order valence-corrected chi connectivity index (χ3v) is 2.70. The van der Waals surface area contributed by atoms with E-state index < -0.39 is 0 Å². The van der Waals surface area contributed by atoms with Gasteiger partial charge in [-0.05, 0) is 31.0 Å². The van der Waals surface area contributed by atoms with Gasteiger partial charge in [0.25, 0.3) is 0 Å². The Morgan fingerprint density at radius 2 is 2.00 bits per heavy atom. The van der Waals surface area contributed by atoms with Gasteiger partial charge in [0.2, 0.25) is 0 Å². The first-order valence-electron chi connectivity index (χ1n) is 5.59. The number of nitrogens with one attached hydrogen (secondary N) is 1. The molecule has 1 unspecified atom stereocenters. The van der Waals surface area contributed by atoms with Crippen LogP contribution in [0.25, 0.3) is 0 Å². The molecule has 1 atom stereocenters. The first-order valence-corrected chi connectivity index (χ1v) is 5.59. The molecule has 1 aromatic carbocycles. The summed E-state index contributed by atoms with van der Waals surface area (Å²) >= 11 is 0. The zero-order chi connectivity index (χ0) is 12.0. The maximum atomic E-state index is 12.6. The fraction of sp³-hybridized carbons (Fsp3) is 0.462. The van der Waals surface area contributed by atoms with Crippen molar-refractivity contribution in [2.45, 2.75) is 26.8 Å². The second-order valence-corrected chi connectivity index (χ2v) is 3.97. The molecule has 0 amide bonds. The van der Waals surface area contributed by atoms with Crippen LogP contribution in [0.15, 0.2) is 24.3 Å². The van der Waals surface area contributed by atoms with Crippen LogP contribution in [0.1, 0.15) is 25.8 Å². The van der Waals surface area contributed by atoms with Crippen molar-refractivity contribution in [1.82, 2.24) is 5.32 Å². The van der Waals surface area contributed by atoms with Gasteiger partial charge in [0.15, 0.2) is 0 Å². The zero-order valence-electron chi connectivity index (χ0n) is 9.79. The Hall–Kier alpha value is -1.22. The molecule has 1 rings (SSSR count). The summed E-state index contributed by atoms with van der Waals surface area (Å²) in [4.78, 5) is 11.2. The Kier molecular flexibility index (Phi) is 5.12. The normalized spacial score (nSPS) is 12.4. The van der Waals surface area contributed by atoms with Crippen LogP contribution < -0.4 is 5.32 Å². The summed E-state index contributed by atoms with van der Waals surface area (Å²) < 4.78 is 12.6. The molecule has 88 valence electrons. The molecule has 0 aliphatic rings. The number of ketones is 1. The van der Waals surface area contributed by atoms with Gasteiger partial charge in [-0.25, -0.2) is 4.39 Å².